The van der Waals surface area contributed by atoms with Gasteiger partial charge in [-0.3, -0.25) is 0 Å². The van der Waals surface area contributed by atoms with E-state index in [1.165, 1.54) is 27.5 Å². The second kappa shape index (κ2) is 7.65. The second-order valence-electron chi connectivity index (χ2n) is 5.83. The molecule has 3 rings (SSSR count). The molecule has 0 bridgehead atoms. The molecule has 1 nitrogen and oxygen atoms in total. The minimum Gasteiger partial charge on any atom is -0.489 e. The van der Waals surface area contributed by atoms with E-state index in [0.717, 1.165) is 12.2 Å². The number of hydrogen-bond acceptors (Lipinski definition) is 1. The second-order valence-corrected chi connectivity index (χ2v) is 5.83. The summed E-state index contributed by atoms with van der Waals surface area (Å²) in [6, 6.07) is 20.9. The van der Waals surface area contributed by atoms with Crippen LogP contribution in [-0.4, -0.2) is 6.61 Å². The lowest BCUT2D eigenvalue weighted by atomic mass is 9.98. The van der Waals surface area contributed by atoms with Crippen LogP contribution < -0.4 is 4.74 Å². The predicted octanol–water partition coefficient (Wildman–Crippen LogP) is 5.97. The molecule has 0 aromatic heterocycles. The predicted molar refractivity (Wildman–Crippen MR) is 104 cm³/mol. The lowest BCUT2D eigenvalue weighted by Gasteiger charge is -2.15. The zero-order valence-electron chi connectivity index (χ0n) is 14.0. The van der Waals surface area contributed by atoms with Crippen molar-refractivity contribution in [1.82, 2.24) is 0 Å². The zero-order valence-corrected chi connectivity index (χ0v) is 14.0. The highest BCUT2D eigenvalue weighted by Gasteiger charge is 2.10. The van der Waals surface area contributed by atoms with E-state index in [1.807, 2.05) is 24.3 Å². The molecule has 0 N–H and O–H groups in total. The van der Waals surface area contributed by atoms with Gasteiger partial charge in [0.05, 0.1) is 0 Å². The minimum atomic E-state index is 0.554. The maximum atomic E-state index is 6.12. The third-order valence-corrected chi connectivity index (χ3v) is 4.12. The van der Waals surface area contributed by atoms with Gasteiger partial charge in [0, 0.05) is 0 Å². The van der Waals surface area contributed by atoms with E-state index < -0.39 is 0 Å². The molecule has 0 aliphatic heterocycles. The first kappa shape index (κ1) is 16.1. The Balaban J connectivity index is 1.84. The molecule has 3 aromatic rings. The van der Waals surface area contributed by atoms with Gasteiger partial charge in [0.1, 0.15) is 12.4 Å². The summed E-state index contributed by atoms with van der Waals surface area (Å²) in [4.78, 5) is 0. The van der Waals surface area contributed by atoms with Gasteiger partial charge in [0.2, 0.25) is 0 Å². The summed E-state index contributed by atoms with van der Waals surface area (Å²) in [5.74, 6) is 0.978. The topological polar surface area (TPSA) is 9.23 Å². The van der Waals surface area contributed by atoms with E-state index in [2.05, 4.69) is 68.1 Å². The Morgan fingerprint density at radius 2 is 1.75 bits per heavy atom. The Morgan fingerprint density at radius 1 is 1.00 bits per heavy atom. The molecule has 0 amide bonds. The Hall–Kier alpha value is -2.80. The Bertz CT molecular complexity index is 860. The average Bonchev–Trinajstić information content (AvgIpc) is 2.62. The van der Waals surface area contributed by atoms with Gasteiger partial charge < -0.3 is 4.74 Å². The summed E-state index contributed by atoms with van der Waals surface area (Å²) in [6.07, 6.45) is 6.88. The van der Waals surface area contributed by atoms with Crippen LogP contribution in [0.4, 0.5) is 0 Å². The molecule has 24 heavy (non-hydrogen) atoms. The van der Waals surface area contributed by atoms with Crippen molar-refractivity contribution in [1.29, 1.82) is 0 Å². The lowest BCUT2D eigenvalue weighted by Crippen LogP contribution is -2.00. The smallest absolute Gasteiger partial charge is 0.126 e. The van der Waals surface area contributed by atoms with Crippen LogP contribution in [0.5, 0.6) is 5.75 Å². The van der Waals surface area contributed by atoms with E-state index in [4.69, 9.17) is 4.74 Å². The van der Waals surface area contributed by atoms with Crippen molar-refractivity contribution in [2.75, 3.05) is 6.61 Å². The highest BCUT2D eigenvalue weighted by molar-refractivity contribution is 5.88. The molecule has 0 spiro atoms. The molecule has 0 fully saturated rings. The first-order valence-electron chi connectivity index (χ1n) is 8.26. The van der Waals surface area contributed by atoms with Crippen LogP contribution in [0.1, 0.15) is 16.7 Å². The van der Waals surface area contributed by atoms with Crippen LogP contribution in [0.15, 0.2) is 79.4 Å². The largest absolute Gasteiger partial charge is 0.489 e. The lowest BCUT2D eigenvalue weighted by molar-refractivity contribution is 0.358. The molecule has 0 heterocycles. The molecule has 3 aromatic carbocycles. The molecular formula is C23H22O. The Morgan fingerprint density at radius 3 is 2.54 bits per heavy atom. The zero-order chi connectivity index (χ0) is 16.8. The molecule has 0 atom stereocenters. The van der Waals surface area contributed by atoms with Crippen LogP contribution in [-0.2, 0) is 6.42 Å². The normalized spacial score (nSPS) is 11.0. The Labute approximate surface area is 143 Å². The van der Waals surface area contributed by atoms with Gasteiger partial charge in [-0.1, -0.05) is 66.7 Å². The molecule has 0 unspecified atom stereocenters. The molecule has 0 saturated heterocycles. The number of hydrogen-bond donors (Lipinski definition) is 0. The van der Waals surface area contributed by atoms with Crippen molar-refractivity contribution in [2.45, 2.75) is 13.3 Å². The van der Waals surface area contributed by atoms with Crippen molar-refractivity contribution in [3.63, 3.8) is 0 Å². The summed E-state index contributed by atoms with van der Waals surface area (Å²) >= 11 is 0. The molecule has 0 radical (unpaired) electrons. The van der Waals surface area contributed by atoms with Gasteiger partial charge in [-0.05, 0) is 52.9 Å². The van der Waals surface area contributed by atoms with E-state index >= 15 is 0 Å². The van der Waals surface area contributed by atoms with Gasteiger partial charge in [0.15, 0.2) is 0 Å². The number of rotatable bonds is 6. The highest BCUT2D eigenvalue weighted by atomic mass is 16.5. The van der Waals surface area contributed by atoms with Crippen molar-refractivity contribution >= 4 is 16.8 Å². The number of allylic oxidation sites excluding steroid dienone is 1. The quantitative estimate of drug-likeness (QED) is 0.509. The molecule has 0 saturated carbocycles. The SMILES string of the molecule is C=CCc1cc2ccccc2c(C)c1OC/C=C/c1ccccc1. The molecule has 0 aliphatic rings. The van der Waals surface area contributed by atoms with E-state index in [-0.39, 0.29) is 0 Å². The highest BCUT2D eigenvalue weighted by Crippen LogP contribution is 2.32. The van der Waals surface area contributed by atoms with Crippen molar-refractivity contribution in [3.8, 4) is 5.75 Å². The van der Waals surface area contributed by atoms with Gasteiger partial charge in [-0.15, -0.1) is 6.58 Å². The van der Waals surface area contributed by atoms with E-state index in [9.17, 15) is 0 Å². The third-order valence-electron chi connectivity index (χ3n) is 4.12. The van der Waals surface area contributed by atoms with Crippen LogP contribution in [0.2, 0.25) is 0 Å². The van der Waals surface area contributed by atoms with Crippen LogP contribution >= 0.6 is 0 Å². The van der Waals surface area contributed by atoms with Crippen LogP contribution in [0.3, 0.4) is 0 Å². The van der Waals surface area contributed by atoms with E-state index in [1.54, 1.807) is 0 Å². The average molecular weight is 314 g/mol. The molecule has 1 heteroatoms. The van der Waals surface area contributed by atoms with E-state index in [0.29, 0.717) is 6.61 Å². The Kier molecular flexibility index (Phi) is 5.12. The number of benzene rings is 3. The maximum Gasteiger partial charge on any atom is 0.126 e. The van der Waals surface area contributed by atoms with Gasteiger partial charge >= 0.3 is 0 Å². The van der Waals surface area contributed by atoms with Gasteiger partial charge in [-0.2, -0.15) is 0 Å². The first-order chi connectivity index (χ1) is 11.8. The first-order valence-corrected chi connectivity index (χ1v) is 8.26. The van der Waals surface area contributed by atoms with Gasteiger partial charge in [0.25, 0.3) is 0 Å². The standard InChI is InChI=1S/C23H22O/c1-3-10-21-17-20-14-7-8-15-22(20)18(2)23(21)24-16-9-13-19-11-5-4-6-12-19/h3-9,11-15,17H,1,10,16H2,2H3/b13-9+. The van der Waals surface area contributed by atoms with Crippen LogP contribution in [0.25, 0.3) is 16.8 Å². The minimum absolute atomic E-state index is 0.554. The summed E-state index contributed by atoms with van der Waals surface area (Å²) in [5, 5.41) is 2.49. The maximum absolute atomic E-state index is 6.12. The number of ether oxygens (including phenoxy) is 1. The van der Waals surface area contributed by atoms with Crippen LogP contribution in [0, 0.1) is 6.92 Å². The number of fused-ring (bicyclic) bond motifs is 1. The fourth-order valence-electron chi connectivity index (χ4n) is 2.97. The molecule has 0 aliphatic carbocycles. The summed E-state index contributed by atoms with van der Waals surface area (Å²) in [5.41, 5.74) is 3.56. The third kappa shape index (κ3) is 3.57. The molecule has 120 valence electrons. The van der Waals surface area contributed by atoms with Gasteiger partial charge in [-0.25, -0.2) is 0 Å². The fraction of sp³-hybridized carbons (Fsp3) is 0.130. The monoisotopic (exact) mass is 314 g/mol. The molecular weight excluding hydrogens is 292 g/mol. The summed E-state index contributed by atoms with van der Waals surface area (Å²) in [7, 11) is 0. The van der Waals surface area contributed by atoms with Crippen molar-refractivity contribution in [2.24, 2.45) is 0 Å². The fourth-order valence-corrected chi connectivity index (χ4v) is 2.97. The summed E-state index contributed by atoms with van der Waals surface area (Å²) < 4.78 is 6.12. The van der Waals surface area contributed by atoms with Crippen molar-refractivity contribution < 1.29 is 4.74 Å². The number of aryl methyl sites for hydroxylation is 1. The van der Waals surface area contributed by atoms with Crippen molar-refractivity contribution in [3.05, 3.63) is 96.1 Å². The summed E-state index contributed by atoms with van der Waals surface area (Å²) in [6.45, 7) is 6.56.